The Bertz CT molecular complexity index is 708. The van der Waals surface area contributed by atoms with Crippen LogP contribution >= 0.6 is 39.1 Å². The Morgan fingerprint density at radius 3 is 2.77 bits per heavy atom. The van der Waals surface area contributed by atoms with E-state index in [1.807, 2.05) is 12.1 Å². The van der Waals surface area contributed by atoms with E-state index < -0.39 is 0 Å². The van der Waals surface area contributed by atoms with Gasteiger partial charge in [0.25, 0.3) is 5.91 Å². The van der Waals surface area contributed by atoms with Crippen molar-refractivity contribution in [1.82, 2.24) is 5.43 Å². The van der Waals surface area contributed by atoms with Crippen LogP contribution in [-0.4, -0.2) is 18.7 Å². The summed E-state index contributed by atoms with van der Waals surface area (Å²) in [4.78, 5) is 11.6. The summed E-state index contributed by atoms with van der Waals surface area (Å²) in [6, 6.07) is 12.2. The Hall–Kier alpha value is -1.56. The molecule has 0 aliphatic rings. The molecule has 0 bridgehead atoms. The lowest BCUT2D eigenvalue weighted by Crippen LogP contribution is -2.24. The lowest BCUT2D eigenvalue weighted by molar-refractivity contribution is -0.123. The molecule has 2 aromatic rings. The van der Waals surface area contributed by atoms with Gasteiger partial charge < -0.3 is 4.74 Å². The summed E-state index contributed by atoms with van der Waals surface area (Å²) >= 11 is 15.1. The van der Waals surface area contributed by atoms with Crippen molar-refractivity contribution in [2.75, 3.05) is 6.61 Å². The lowest BCUT2D eigenvalue weighted by Gasteiger charge is -2.07. The molecule has 0 aliphatic heterocycles. The highest BCUT2D eigenvalue weighted by Gasteiger charge is 2.05. The minimum absolute atomic E-state index is 0.167. The summed E-state index contributed by atoms with van der Waals surface area (Å²) in [6.07, 6.45) is 1.47. The average molecular weight is 402 g/mol. The second-order valence-electron chi connectivity index (χ2n) is 4.18. The normalized spacial score (nSPS) is 10.7. The number of hydrazone groups is 1. The Labute approximate surface area is 146 Å². The first-order chi connectivity index (χ1) is 10.6. The van der Waals surface area contributed by atoms with Gasteiger partial charge in [0, 0.05) is 15.6 Å². The fraction of sp³-hybridized carbons (Fsp3) is 0.0667. The van der Waals surface area contributed by atoms with Crippen LogP contribution in [-0.2, 0) is 4.79 Å². The number of benzene rings is 2. The highest BCUT2D eigenvalue weighted by Crippen LogP contribution is 2.27. The number of nitrogens with one attached hydrogen (secondary N) is 1. The fourth-order valence-electron chi connectivity index (χ4n) is 1.52. The van der Waals surface area contributed by atoms with Crippen LogP contribution in [0.4, 0.5) is 0 Å². The van der Waals surface area contributed by atoms with Crippen LogP contribution in [0, 0.1) is 0 Å². The van der Waals surface area contributed by atoms with Gasteiger partial charge in [-0.25, -0.2) is 5.43 Å². The summed E-state index contributed by atoms with van der Waals surface area (Å²) in [5.74, 6) is 0.139. The van der Waals surface area contributed by atoms with Gasteiger partial charge >= 0.3 is 0 Å². The summed E-state index contributed by atoms with van der Waals surface area (Å²) in [5, 5.41) is 4.96. The lowest BCUT2D eigenvalue weighted by atomic mass is 10.2. The van der Waals surface area contributed by atoms with Gasteiger partial charge in [-0.2, -0.15) is 5.10 Å². The van der Waals surface area contributed by atoms with Crippen LogP contribution in [0.2, 0.25) is 10.0 Å². The number of hydrogen-bond donors (Lipinski definition) is 1. The van der Waals surface area contributed by atoms with Crippen molar-refractivity contribution >= 4 is 51.3 Å². The number of rotatable bonds is 5. The van der Waals surface area contributed by atoms with E-state index in [2.05, 4.69) is 26.5 Å². The van der Waals surface area contributed by atoms with Gasteiger partial charge in [-0.3, -0.25) is 4.79 Å². The fourth-order valence-corrected chi connectivity index (χ4v) is 2.50. The molecule has 2 aromatic carbocycles. The van der Waals surface area contributed by atoms with Crippen molar-refractivity contribution in [1.29, 1.82) is 0 Å². The van der Waals surface area contributed by atoms with Crippen LogP contribution in [0.1, 0.15) is 5.56 Å². The Morgan fingerprint density at radius 2 is 2.05 bits per heavy atom. The van der Waals surface area contributed by atoms with Gasteiger partial charge in [0.05, 0.1) is 10.7 Å². The molecular formula is C15H11BrCl2N2O2. The Kier molecular flexibility index (Phi) is 6.24. The quantitative estimate of drug-likeness (QED) is 0.600. The molecule has 0 radical (unpaired) electrons. The van der Waals surface area contributed by atoms with E-state index in [-0.39, 0.29) is 12.5 Å². The molecule has 2 rings (SSSR count). The number of carbonyl (C=O) groups is 1. The second kappa shape index (κ2) is 8.17. The summed E-state index contributed by atoms with van der Waals surface area (Å²) in [6.45, 7) is -0.167. The molecule has 0 aromatic heterocycles. The predicted octanol–water partition coefficient (Wildman–Crippen LogP) is 4.29. The topological polar surface area (TPSA) is 50.7 Å². The van der Waals surface area contributed by atoms with Crippen molar-refractivity contribution in [2.24, 2.45) is 5.10 Å². The maximum atomic E-state index is 11.6. The standard InChI is InChI=1S/C15H11BrCl2N2O2/c16-12-7-11(17)5-6-14(12)22-9-15(21)20-19-8-10-3-1-2-4-13(10)18/h1-8H,9H2,(H,20,21). The molecule has 7 heteroatoms. The zero-order valence-corrected chi connectivity index (χ0v) is 14.3. The number of nitrogens with zero attached hydrogens (tertiary/aromatic N) is 1. The molecule has 0 unspecified atom stereocenters. The first kappa shape index (κ1) is 16.8. The van der Waals surface area contributed by atoms with Crippen LogP contribution in [0.3, 0.4) is 0 Å². The minimum Gasteiger partial charge on any atom is -0.483 e. The maximum Gasteiger partial charge on any atom is 0.277 e. The van der Waals surface area contributed by atoms with Crippen molar-refractivity contribution in [3.05, 3.63) is 62.5 Å². The molecule has 0 atom stereocenters. The molecule has 0 saturated carbocycles. The van der Waals surface area contributed by atoms with Crippen molar-refractivity contribution in [3.8, 4) is 5.75 Å². The zero-order valence-electron chi connectivity index (χ0n) is 11.2. The largest absolute Gasteiger partial charge is 0.483 e. The van der Waals surface area contributed by atoms with Gasteiger partial charge in [0.1, 0.15) is 5.75 Å². The first-order valence-corrected chi connectivity index (χ1v) is 7.75. The average Bonchev–Trinajstić information content (AvgIpc) is 2.48. The molecule has 1 N–H and O–H groups in total. The van der Waals surface area contributed by atoms with Crippen molar-refractivity contribution in [3.63, 3.8) is 0 Å². The summed E-state index contributed by atoms with van der Waals surface area (Å²) in [5.41, 5.74) is 3.08. The highest BCUT2D eigenvalue weighted by molar-refractivity contribution is 9.10. The Balaban J connectivity index is 1.84. The molecule has 1 amide bonds. The van der Waals surface area contributed by atoms with Gasteiger partial charge in [-0.15, -0.1) is 0 Å². The van der Waals surface area contributed by atoms with Crippen LogP contribution in [0.25, 0.3) is 0 Å². The third kappa shape index (κ3) is 5.02. The summed E-state index contributed by atoms with van der Waals surface area (Å²) < 4.78 is 6.04. The van der Waals surface area contributed by atoms with Gasteiger partial charge in [0.2, 0.25) is 0 Å². The molecule has 0 spiro atoms. The van der Waals surface area contributed by atoms with E-state index in [9.17, 15) is 4.79 Å². The van der Waals surface area contributed by atoms with Gasteiger partial charge in [0.15, 0.2) is 6.61 Å². The number of hydrogen-bond acceptors (Lipinski definition) is 3. The van der Waals surface area contributed by atoms with E-state index >= 15 is 0 Å². The third-order valence-electron chi connectivity index (χ3n) is 2.55. The first-order valence-electron chi connectivity index (χ1n) is 6.20. The molecule has 4 nitrogen and oxygen atoms in total. The number of carbonyl (C=O) groups excluding carboxylic acids is 1. The maximum absolute atomic E-state index is 11.6. The molecule has 0 heterocycles. The third-order valence-corrected chi connectivity index (χ3v) is 3.75. The SMILES string of the molecule is O=C(COc1ccc(Cl)cc1Br)NN=Cc1ccccc1Cl. The molecule has 0 saturated heterocycles. The molecule has 0 aliphatic carbocycles. The molecule has 0 fully saturated rings. The van der Waals surface area contributed by atoms with E-state index in [0.29, 0.717) is 25.8 Å². The van der Waals surface area contributed by atoms with E-state index in [1.165, 1.54) is 6.21 Å². The number of ether oxygens (including phenoxy) is 1. The van der Waals surface area contributed by atoms with E-state index in [1.54, 1.807) is 30.3 Å². The summed E-state index contributed by atoms with van der Waals surface area (Å²) in [7, 11) is 0. The van der Waals surface area contributed by atoms with Crippen molar-refractivity contribution in [2.45, 2.75) is 0 Å². The van der Waals surface area contributed by atoms with Gasteiger partial charge in [-0.1, -0.05) is 41.4 Å². The highest BCUT2D eigenvalue weighted by atomic mass is 79.9. The van der Waals surface area contributed by atoms with Crippen LogP contribution in [0.15, 0.2) is 52.0 Å². The smallest absolute Gasteiger partial charge is 0.277 e. The number of amides is 1. The van der Waals surface area contributed by atoms with Gasteiger partial charge in [-0.05, 0) is 40.2 Å². The van der Waals surface area contributed by atoms with Crippen LogP contribution < -0.4 is 10.2 Å². The minimum atomic E-state index is -0.384. The Morgan fingerprint density at radius 1 is 1.27 bits per heavy atom. The van der Waals surface area contributed by atoms with E-state index in [4.69, 9.17) is 27.9 Å². The zero-order chi connectivity index (χ0) is 15.9. The monoisotopic (exact) mass is 400 g/mol. The van der Waals surface area contributed by atoms with Crippen molar-refractivity contribution < 1.29 is 9.53 Å². The molecule has 114 valence electrons. The second-order valence-corrected chi connectivity index (χ2v) is 5.88. The molecule has 22 heavy (non-hydrogen) atoms. The van der Waals surface area contributed by atoms with Crippen LogP contribution in [0.5, 0.6) is 5.75 Å². The van der Waals surface area contributed by atoms with E-state index in [0.717, 1.165) is 0 Å². The number of halogens is 3. The molecular weight excluding hydrogens is 391 g/mol. The predicted molar refractivity (Wildman–Crippen MR) is 91.8 cm³/mol.